The Kier molecular flexibility index (Phi) is 5.41. The normalized spacial score (nSPS) is 11.1. The van der Waals surface area contributed by atoms with E-state index in [0.29, 0.717) is 5.56 Å². The minimum atomic E-state index is 0.671. The van der Waals surface area contributed by atoms with Gasteiger partial charge in [0.15, 0.2) is 0 Å². The Morgan fingerprint density at radius 3 is 2.52 bits per heavy atom. The quantitative estimate of drug-likeness (QED) is 0.496. The molecule has 144 valence electrons. The van der Waals surface area contributed by atoms with Gasteiger partial charge in [-0.2, -0.15) is 5.26 Å². The van der Waals surface area contributed by atoms with E-state index in [-0.39, 0.29) is 0 Å². The Balaban J connectivity index is 1.83. The van der Waals surface area contributed by atoms with Crippen molar-refractivity contribution >= 4 is 10.9 Å². The molecular weight excluding hydrogens is 356 g/mol. The Morgan fingerprint density at radius 2 is 1.76 bits per heavy atom. The molecule has 2 aromatic heterocycles. The highest BCUT2D eigenvalue weighted by molar-refractivity contribution is 5.98. The molecule has 0 spiro atoms. The summed E-state index contributed by atoms with van der Waals surface area (Å²) >= 11 is 0. The largest absolute Gasteiger partial charge is 0.358 e. The smallest absolute Gasteiger partial charge is 0.0991 e. The van der Waals surface area contributed by atoms with Gasteiger partial charge in [0.2, 0.25) is 0 Å². The number of H-pyrrole nitrogens is 1. The van der Waals surface area contributed by atoms with E-state index in [1.54, 1.807) is 0 Å². The predicted molar refractivity (Wildman–Crippen MR) is 119 cm³/mol. The molecule has 0 fully saturated rings. The van der Waals surface area contributed by atoms with Gasteiger partial charge in [-0.1, -0.05) is 30.3 Å². The predicted octanol–water partition coefficient (Wildman–Crippen LogP) is 5.26. The number of rotatable bonds is 6. The summed E-state index contributed by atoms with van der Waals surface area (Å²) in [5.41, 5.74) is 7.40. The molecule has 2 aromatic carbocycles. The zero-order chi connectivity index (χ0) is 20.2. The Morgan fingerprint density at radius 1 is 0.966 bits per heavy atom. The summed E-state index contributed by atoms with van der Waals surface area (Å²) in [6.45, 7) is 1.03. The number of fused-ring (bicyclic) bond motifs is 1. The maximum atomic E-state index is 9.38. The first-order chi connectivity index (χ1) is 14.2. The van der Waals surface area contributed by atoms with Crippen molar-refractivity contribution in [3.63, 3.8) is 0 Å². The van der Waals surface area contributed by atoms with E-state index < -0.39 is 0 Å². The molecule has 0 bridgehead atoms. The van der Waals surface area contributed by atoms with Gasteiger partial charge in [-0.25, -0.2) is 0 Å². The van der Waals surface area contributed by atoms with E-state index in [1.165, 1.54) is 5.69 Å². The second-order valence-electron chi connectivity index (χ2n) is 7.59. The molecule has 4 rings (SSSR count). The number of hydrogen-bond donors (Lipinski definition) is 1. The fraction of sp³-hybridized carbons (Fsp3) is 0.200. The first kappa shape index (κ1) is 18.9. The average molecular weight is 380 g/mol. The molecule has 0 amide bonds. The Hall–Kier alpha value is -3.42. The second-order valence-corrected chi connectivity index (χ2v) is 7.59. The lowest BCUT2D eigenvalue weighted by Crippen LogP contribution is -2.13. The topological polar surface area (TPSA) is 55.7 Å². The van der Waals surface area contributed by atoms with Gasteiger partial charge in [0.05, 0.1) is 11.6 Å². The van der Waals surface area contributed by atoms with Gasteiger partial charge in [-0.05, 0) is 63.3 Å². The molecule has 4 aromatic rings. The summed E-state index contributed by atoms with van der Waals surface area (Å²) in [6.07, 6.45) is 5.83. The van der Waals surface area contributed by atoms with Crippen LogP contribution in [0.1, 0.15) is 17.7 Å². The number of aromatic amines is 1. The minimum absolute atomic E-state index is 0.671. The number of aromatic nitrogens is 2. The highest BCUT2D eigenvalue weighted by Crippen LogP contribution is 2.35. The fourth-order valence-corrected chi connectivity index (χ4v) is 3.77. The Bertz CT molecular complexity index is 1170. The maximum absolute atomic E-state index is 9.38. The number of nitrogens with zero attached hydrogens (tertiary/aromatic N) is 3. The lowest BCUT2D eigenvalue weighted by atomic mass is 9.97. The molecule has 0 radical (unpaired) electrons. The molecule has 1 N–H and O–H groups in total. The van der Waals surface area contributed by atoms with Crippen LogP contribution in [0, 0.1) is 11.3 Å². The first-order valence-electron chi connectivity index (χ1n) is 9.86. The molecule has 0 aliphatic rings. The van der Waals surface area contributed by atoms with E-state index in [2.05, 4.69) is 53.2 Å². The van der Waals surface area contributed by atoms with Crippen molar-refractivity contribution < 1.29 is 0 Å². The lowest BCUT2D eigenvalue weighted by molar-refractivity contribution is 0.400. The van der Waals surface area contributed by atoms with Gasteiger partial charge in [0, 0.05) is 45.7 Å². The van der Waals surface area contributed by atoms with Gasteiger partial charge < -0.3 is 9.88 Å². The van der Waals surface area contributed by atoms with Crippen LogP contribution in [-0.4, -0.2) is 35.5 Å². The molecule has 4 nitrogen and oxygen atoms in total. The lowest BCUT2D eigenvalue weighted by Gasteiger charge is -2.10. The van der Waals surface area contributed by atoms with Crippen molar-refractivity contribution in [1.82, 2.24) is 14.9 Å². The summed E-state index contributed by atoms with van der Waals surface area (Å²) < 4.78 is 0. The summed E-state index contributed by atoms with van der Waals surface area (Å²) in [5.74, 6) is 0. The summed E-state index contributed by atoms with van der Waals surface area (Å²) in [7, 11) is 4.19. The number of hydrogen-bond acceptors (Lipinski definition) is 3. The minimum Gasteiger partial charge on any atom is -0.358 e. The van der Waals surface area contributed by atoms with Crippen LogP contribution in [0.5, 0.6) is 0 Å². The van der Waals surface area contributed by atoms with Crippen LogP contribution in [0.4, 0.5) is 0 Å². The molecule has 29 heavy (non-hydrogen) atoms. The van der Waals surface area contributed by atoms with E-state index in [9.17, 15) is 5.26 Å². The van der Waals surface area contributed by atoms with Crippen LogP contribution in [0.15, 0.2) is 67.0 Å². The third-order valence-corrected chi connectivity index (χ3v) is 5.17. The number of nitrogens with one attached hydrogen (secondary N) is 1. The molecule has 0 atom stereocenters. The molecule has 0 saturated carbocycles. The number of benzene rings is 2. The SMILES string of the molecule is CN(C)CCCc1[nH]c2ccc(C#N)cc2c1-c1cncc(-c2ccccc2)c1. The van der Waals surface area contributed by atoms with E-state index >= 15 is 0 Å². The molecule has 0 aliphatic carbocycles. The van der Waals surface area contributed by atoms with Crippen molar-refractivity contribution in [2.45, 2.75) is 12.8 Å². The van der Waals surface area contributed by atoms with Crippen LogP contribution >= 0.6 is 0 Å². The summed E-state index contributed by atoms with van der Waals surface area (Å²) in [5, 5.41) is 10.5. The van der Waals surface area contributed by atoms with E-state index in [0.717, 1.165) is 52.5 Å². The fourth-order valence-electron chi connectivity index (χ4n) is 3.77. The van der Waals surface area contributed by atoms with Crippen LogP contribution in [0.2, 0.25) is 0 Å². The Labute approximate surface area is 171 Å². The third-order valence-electron chi connectivity index (χ3n) is 5.17. The van der Waals surface area contributed by atoms with Gasteiger partial charge in [0.25, 0.3) is 0 Å². The second kappa shape index (κ2) is 8.30. The number of aryl methyl sites for hydroxylation is 1. The third kappa shape index (κ3) is 4.06. The van der Waals surface area contributed by atoms with Gasteiger partial charge in [-0.3, -0.25) is 4.98 Å². The highest BCUT2D eigenvalue weighted by atomic mass is 15.0. The van der Waals surface area contributed by atoms with Gasteiger partial charge in [-0.15, -0.1) is 0 Å². The van der Waals surface area contributed by atoms with Crippen molar-refractivity contribution in [3.05, 3.63) is 78.2 Å². The van der Waals surface area contributed by atoms with Gasteiger partial charge in [0.1, 0.15) is 0 Å². The number of nitriles is 1. The van der Waals surface area contributed by atoms with Gasteiger partial charge >= 0.3 is 0 Å². The first-order valence-corrected chi connectivity index (χ1v) is 9.86. The van der Waals surface area contributed by atoms with Crippen LogP contribution in [-0.2, 0) is 6.42 Å². The molecule has 0 unspecified atom stereocenters. The molecular formula is C25H24N4. The molecule has 0 saturated heterocycles. The highest BCUT2D eigenvalue weighted by Gasteiger charge is 2.15. The molecule has 2 heterocycles. The average Bonchev–Trinajstić information content (AvgIpc) is 3.11. The standard InChI is InChI=1S/C25H24N4/c1-29(2)12-6-9-24-25(22-13-18(15-26)10-11-23(22)28-24)21-14-20(16-27-17-21)19-7-4-3-5-8-19/h3-5,7-8,10-11,13-14,16-17,28H,6,9,12H2,1-2H3. The maximum Gasteiger partial charge on any atom is 0.0991 e. The van der Waals surface area contributed by atoms with Crippen molar-refractivity contribution in [2.24, 2.45) is 0 Å². The van der Waals surface area contributed by atoms with Crippen LogP contribution in [0.3, 0.4) is 0 Å². The molecule has 4 heteroatoms. The van der Waals surface area contributed by atoms with Crippen molar-refractivity contribution in [1.29, 1.82) is 5.26 Å². The van der Waals surface area contributed by atoms with Crippen LogP contribution < -0.4 is 0 Å². The van der Waals surface area contributed by atoms with E-state index in [4.69, 9.17) is 0 Å². The van der Waals surface area contributed by atoms with Crippen LogP contribution in [0.25, 0.3) is 33.2 Å². The zero-order valence-electron chi connectivity index (χ0n) is 16.8. The monoisotopic (exact) mass is 380 g/mol. The van der Waals surface area contributed by atoms with E-state index in [1.807, 2.05) is 48.8 Å². The summed E-state index contributed by atoms with van der Waals surface area (Å²) in [6, 6.07) is 20.6. The van der Waals surface area contributed by atoms with Crippen molar-refractivity contribution in [3.8, 4) is 28.3 Å². The number of pyridine rings is 1. The zero-order valence-corrected chi connectivity index (χ0v) is 16.8. The van der Waals surface area contributed by atoms with Crippen molar-refractivity contribution in [2.75, 3.05) is 20.6 Å². The summed E-state index contributed by atoms with van der Waals surface area (Å²) in [4.78, 5) is 10.3. The molecule has 0 aliphatic heterocycles.